The third-order valence-electron chi connectivity index (χ3n) is 3.53. The van der Waals surface area contributed by atoms with Gasteiger partial charge in [-0.15, -0.1) is 0 Å². The first-order chi connectivity index (χ1) is 9.06. The highest BCUT2D eigenvalue weighted by Crippen LogP contribution is 2.30. The molecule has 1 aliphatic heterocycles. The molecule has 5 heteroatoms. The van der Waals surface area contributed by atoms with Crippen LogP contribution in [0.15, 0.2) is 30.3 Å². The lowest BCUT2D eigenvalue weighted by atomic mass is 9.95. The highest BCUT2D eigenvalue weighted by atomic mass is 16.5. The average molecular weight is 263 g/mol. The molecular formula is C14H21N3O2. The number of hydrogen-bond acceptors (Lipinski definition) is 4. The van der Waals surface area contributed by atoms with Crippen LogP contribution in [0.25, 0.3) is 0 Å². The van der Waals surface area contributed by atoms with Crippen LogP contribution >= 0.6 is 0 Å². The van der Waals surface area contributed by atoms with Gasteiger partial charge in [-0.3, -0.25) is 15.1 Å². The van der Waals surface area contributed by atoms with Gasteiger partial charge in [0.05, 0.1) is 13.2 Å². The molecule has 1 unspecified atom stereocenters. The summed E-state index contributed by atoms with van der Waals surface area (Å²) < 4.78 is 5.51. The number of amides is 1. The molecule has 1 fully saturated rings. The molecule has 2 rings (SSSR count). The summed E-state index contributed by atoms with van der Waals surface area (Å²) in [6, 6.07) is 9.31. The summed E-state index contributed by atoms with van der Waals surface area (Å²) in [4.78, 5) is 14.3. The Morgan fingerprint density at radius 1 is 1.42 bits per heavy atom. The van der Waals surface area contributed by atoms with Crippen molar-refractivity contribution in [2.75, 3.05) is 19.8 Å². The lowest BCUT2D eigenvalue weighted by Crippen LogP contribution is -2.57. The van der Waals surface area contributed by atoms with Crippen molar-refractivity contribution in [2.45, 2.75) is 25.4 Å². The molecule has 1 heterocycles. The van der Waals surface area contributed by atoms with E-state index in [0.717, 1.165) is 5.56 Å². The Hall–Kier alpha value is -1.43. The summed E-state index contributed by atoms with van der Waals surface area (Å²) in [5, 5.41) is 0. The number of carbonyl (C=O) groups is 1. The van der Waals surface area contributed by atoms with Crippen molar-refractivity contribution in [2.24, 2.45) is 5.84 Å². The van der Waals surface area contributed by atoms with Gasteiger partial charge in [-0.25, -0.2) is 5.84 Å². The largest absolute Gasteiger partial charge is 0.378 e. The van der Waals surface area contributed by atoms with Crippen LogP contribution in [0.5, 0.6) is 0 Å². The zero-order valence-electron chi connectivity index (χ0n) is 11.4. The molecule has 0 saturated carbocycles. The topological polar surface area (TPSA) is 67.6 Å². The van der Waals surface area contributed by atoms with Crippen molar-refractivity contribution in [3.8, 4) is 0 Å². The Bertz CT molecular complexity index is 434. The fraction of sp³-hybridized carbons (Fsp3) is 0.500. The van der Waals surface area contributed by atoms with Gasteiger partial charge in [0.1, 0.15) is 6.04 Å². The molecule has 1 saturated heterocycles. The van der Waals surface area contributed by atoms with E-state index in [1.807, 2.05) is 30.3 Å². The smallest absolute Gasteiger partial charge is 0.255 e. The number of nitrogens with one attached hydrogen (secondary N) is 1. The van der Waals surface area contributed by atoms with Crippen LogP contribution in [0.4, 0.5) is 0 Å². The number of rotatable bonds is 3. The second kappa shape index (κ2) is 5.69. The van der Waals surface area contributed by atoms with Crippen LogP contribution in [-0.4, -0.2) is 36.1 Å². The number of nitrogens with zero attached hydrogens (tertiary/aromatic N) is 1. The van der Waals surface area contributed by atoms with Crippen LogP contribution in [0.2, 0.25) is 0 Å². The number of hydrazine groups is 1. The molecule has 0 bridgehead atoms. The van der Waals surface area contributed by atoms with E-state index < -0.39 is 0 Å². The standard InChI is InChI=1S/C14H21N3O2/c1-14(2)10-19-9-8-17(14)12(13(18)16-15)11-6-4-3-5-7-11/h3-7,12H,8-10,15H2,1-2H3,(H,16,18). The Morgan fingerprint density at radius 3 is 2.68 bits per heavy atom. The maximum atomic E-state index is 12.2. The minimum atomic E-state index is -0.384. The first-order valence-corrected chi connectivity index (χ1v) is 6.46. The fourth-order valence-electron chi connectivity index (χ4n) is 2.54. The number of carbonyl (C=O) groups excluding carboxylic acids is 1. The zero-order chi connectivity index (χ0) is 13.9. The van der Waals surface area contributed by atoms with Crippen molar-refractivity contribution in [1.82, 2.24) is 10.3 Å². The van der Waals surface area contributed by atoms with E-state index in [2.05, 4.69) is 24.2 Å². The van der Waals surface area contributed by atoms with Gasteiger partial charge in [-0.05, 0) is 19.4 Å². The summed E-state index contributed by atoms with van der Waals surface area (Å²) in [5.41, 5.74) is 3.02. The quantitative estimate of drug-likeness (QED) is 0.481. The van der Waals surface area contributed by atoms with E-state index in [1.54, 1.807) is 0 Å². The predicted molar refractivity (Wildman–Crippen MR) is 73.1 cm³/mol. The molecule has 0 aromatic heterocycles. The maximum Gasteiger partial charge on any atom is 0.255 e. The van der Waals surface area contributed by atoms with Gasteiger partial charge in [0.2, 0.25) is 0 Å². The predicted octanol–water partition coefficient (Wildman–Crippen LogP) is 0.828. The molecule has 0 aliphatic carbocycles. The second-order valence-corrected chi connectivity index (χ2v) is 5.38. The maximum absolute atomic E-state index is 12.2. The second-order valence-electron chi connectivity index (χ2n) is 5.38. The van der Waals surface area contributed by atoms with E-state index >= 15 is 0 Å². The van der Waals surface area contributed by atoms with Gasteiger partial charge in [0, 0.05) is 12.1 Å². The van der Waals surface area contributed by atoms with Crippen molar-refractivity contribution in [1.29, 1.82) is 0 Å². The fourth-order valence-corrected chi connectivity index (χ4v) is 2.54. The minimum absolute atomic E-state index is 0.193. The lowest BCUT2D eigenvalue weighted by Gasteiger charge is -2.45. The molecule has 1 aromatic rings. The summed E-state index contributed by atoms with van der Waals surface area (Å²) >= 11 is 0. The third kappa shape index (κ3) is 2.94. The van der Waals surface area contributed by atoms with Crippen LogP contribution < -0.4 is 11.3 Å². The number of hydrogen-bond donors (Lipinski definition) is 2. The third-order valence-corrected chi connectivity index (χ3v) is 3.53. The van der Waals surface area contributed by atoms with Crippen molar-refractivity contribution >= 4 is 5.91 Å². The molecule has 1 aliphatic rings. The van der Waals surface area contributed by atoms with Gasteiger partial charge >= 0.3 is 0 Å². The van der Waals surface area contributed by atoms with E-state index in [9.17, 15) is 4.79 Å². The van der Waals surface area contributed by atoms with E-state index in [-0.39, 0.29) is 17.5 Å². The highest BCUT2D eigenvalue weighted by molar-refractivity contribution is 5.82. The number of ether oxygens (including phenoxy) is 1. The molecule has 3 N–H and O–H groups in total. The van der Waals surface area contributed by atoms with Crippen molar-refractivity contribution in [3.05, 3.63) is 35.9 Å². The number of nitrogens with two attached hydrogens (primary N) is 1. The van der Waals surface area contributed by atoms with Crippen LogP contribution in [0.3, 0.4) is 0 Å². The molecule has 0 radical (unpaired) electrons. The summed E-state index contributed by atoms with van der Waals surface area (Å²) in [6.45, 7) is 6.09. The molecule has 19 heavy (non-hydrogen) atoms. The summed E-state index contributed by atoms with van der Waals surface area (Å²) in [5.74, 6) is 5.15. The first-order valence-electron chi connectivity index (χ1n) is 6.46. The van der Waals surface area contributed by atoms with Gasteiger partial charge in [0.25, 0.3) is 5.91 Å². The lowest BCUT2D eigenvalue weighted by molar-refractivity contribution is -0.135. The molecule has 0 spiro atoms. The van der Waals surface area contributed by atoms with Gasteiger partial charge in [-0.1, -0.05) is 30.3 Å². The van der Waals surface area contributed by atoms with Crippen molar-refractivity contribution < 1.29 is 9.53 Å². The molecule has 5 nitrogen and oxygen atoms in total. The molecule has 1 atom stereocenters. The average Bonchev–Trinajstić information content (AvgIpc) is 2.41. The van der Waals surface area contributed by atoms with Gasteiger partial charge in [0.15, 0.2) is 0 Å². The SMILES string of the molecule is CC1(C)COCCN1C(C(=O)NN)c1ccccc1. The van der Waals surface area contributed by atoms with Crippen molar-refractivity contribution in [3.63, 3.8) is 0 Å². The zero-order valence-corrected chi connectivity index (χ0v) is 11.4. The van der Waals surface area contributed by atoms with E-state index in [4.69, 9.17) is 10.6 Å². The minimum Gasteiger partial charge on any atom is -0.378 e. The van der Waals surface area contributed by atoms with Crippen LogP contribution in [-0.2, 0) is 9.53 Å². The molecule has 1 amide bonds. The summed E-state index contributed by atoms with van der Waals surface area (Å²) in [7, 11) is 0. The Balaban J connectivity index is 2.35. The Kier molecular flexibility index (Phi) is 4.19. The van der Waals surface area contributed by atoms with Crippen LogP contribution in [0.1, 0.15) is 25.5 Å². The molecular weight excluding hydrogens is 242 g/mol. The highest BCUT2D eigenvalue weighted by Gasteiger charge is 2.39. The number of morpholine rings is 1. The number of benzene rings is 1. The van der Waals surface area contributed by atoms with Crippen LogP contribution in [0, 0.1) is 0 Å². The molecule has 1 aromatic carbocycles. The van der Waals surface area contributed by atoms with Gasteiger partial charge in [-0.2, -0.15) is 0 Å². The Labute approximate surface area is 113 Å². The molecule has 104 valence electrons. The van der Waals surface area contributed by atoms with E-state index in [1.165, 1.54) is 0 Å². The monoisotopic (exact) mass is 263 g/mol. The summed E-state index contributed by atoms with van der Waals surface area (Å²) in [6.07, 6.45) is 0. The first kappa shape index (κ1) is 14.0. The van der Waals surface area contributed by atoms with E-state index in [0.29, 0.717) is 19.8 Å². The Morgan fingerprint density at radius 2 is 2.11 bits per heavy atom. The normalized spacial score (nSPS) is 20.8. The van der Waals surface area contributed by atoms with Gasteiger partial charge < -0.3 is 4.74 Å².